The van der Waals surface area contributed by atoms with E-state index in [4.69, 9.17) is 27.0 Å². The fourth-order valence-electron chi connectivity index (χ4n) is 2.26. The Morgan fingerprint density at radius 2 is 1.44 bits per heavy atom. The zero-order valence-corrected chi connectivity index (χ0v) is 21.0. The summed E-state index contributed by atoms with van der Waals surface area (Å²) in [5.74, 6) is 2.25. The van der Waals surface area contributed by atoms with E-state index in [1.54, 1.807) is 43.5 Å². The second-order valence-electron chi connectivity index (χ2n) is 5.66. The second kappa shape index (κ2) is 20.0. The van der Waals surface area contributed by atoms with Gasteiger partial charge in [0.1, 0.15) is 5.69 Å². The Bertz CT molecular complexity index is 1190. The molecule has 0 amide bonds. The fourth-order valence-corrected chi connectivity index (χ4v) is 3.12. The Morgan fingerprint density at radius 1 is 1.03 bits per heavy atom. The summed E-state index contributed by atoms with van der Waals surface area (Å²) < 4.78 is 23.5. The van der Waals surface area contributed by atoms with E-state index in [0.29, 0.717) is 16.3 Å². The summed E-state index contributed by atoms with van der Waals surface area (Å²) in [7, 11) is -3.84. The van der Waals surface area contributed by atoms with Crippen molar-refractivity contribution in [3.8, 4) is 34.7 Å². The van der Waals surface area contributed by atoms with Gasteiger partial charge in [0, 0.05) is 22.3 Å². The van der Waals surface area contributed by atoms with Crippen molar-refractivity contribution >= 4 is 56.4 Å². The minimum atomic E-state index is -3.84. The molecule has 0 radical (unpaired) electrons. The third-order valence-electron chi connectivity index (χ3n) is 3.24. The predicted molar refractivity (Wildman–Crippen MR) is 156 cm³/mol. The SMILES string of the molecule is C.C.C#CC.NC(O)=S.NC(O)=S.NS(=O)(=O)c1ccccc1-c1n[nH]cc1-c1ccc(Cl)cc1.O. The van der Waals surface area contributed by atoms with E-state index in [2.05, 4.69) is 58.4 Å². The molecule has 14 heteroatoms. The number of aliphatic hydroxyl groups excluding tert-OH is 2. The van der Waals surface area contributed by atoms with E-state index in [0.717, 1.165) is 11.1 Å². The first-order valence-corrected chi connectivity index (χ1v) is 11.3. The van der Waals surface area contributed by atoms with Crippen LogP contribution in [-0.2, 0) is 10.0 Å². The molecule has 0 atom stereocenters. The van der Waals surface area contributed by atoms with Crippen molar-refractivity contribution in [3.63, 3.8) is 0 Å². The molecule has 36 heavy (non-hydrogen) atoms. The molecular formula is C22H32ClN5O5S3. The Kier molecular flexibility index (Phi) is 22.2. The highest BCUT2D eigenvalue weighted by molar-refractivity contribution is 7.89. The zero-order valence-electron chi connectivity index (χ0n) is 17.8. The number of hydrogen-bond acceptors (Lipinski definition) is 5. The van der Waals surface area contributed by atoms with Crippen LogP contribution in [0.15, 0.2) is 59.6 Å². The molecule has 3 aromatic rings. The third kappa shape index (κ3) is 15.6. The fraction of sp³-hybridized carbons (Fsp3) is 0.136. The van der Waals surface area contributed by atoms with Crippen molar-refractivity contribution in [1.29, 1.82) is 0 Å². The van der Waals surface area contributed by atoms with Crippen LogP contribution >= 0.6 is 36.0 Å². The topological polar surface area (TPSA) is 213 Å². The van der Waals surface area contributed by atoms with Gasteiger partial charge >= 0.3 is 0 Å². The smallest absolute Gasteiger partial charge is 0.251 e. The van der Waals surface area contributed by atoms with Gasteiger partial charge in [-0.15, -0.1) is 12.3 Å². The van der Waals surface area contributed by atoms with Crippen LogP contribution in [0.1, 0.15) is 21.8 Å². The van der Waals surface area contributed by atoms with E-state index in [1.165, 1.54) is 6.07 Å². The summed E-state index contributed by atoms with van der Waals surface area (Å²) in [5.41, 5.74) is 11.4. The number of halogens is 1. The lowest BCUT2D eigenvalue weighted by Gasteiger charge is -2.07. The van der Waals surface area contributed by atoms with E-state index >= 15 is 0 Å². The maximum absolute atomic E-state index is 11.8. The first-order chi connectivity index (χ1) is 15.3. The average molecular weight is 578 g/mol. The van der Waals surface area contributed by atoms with Crippen LogP contribution in [0.25, 0.3) is 22.4 Å². The molecule has 0 aliphatic rings. The second-order valence-corrected chi connectivity index (χ2v) is 8.46. The summed E-state index contributed by atoms with van der Waals surface area (Å²) in [6.07, 6.45) is 6.30. The number of rotatable bonds is 3. The lowest BCUT2D eigenvalue weighted by molar-refractivity contribution is 0.559. The lowest BCUT2D eigenvalue weighted by Crippen LogP contribution is -2.13. The van der Waals surface area contributed by atoms with Crippen molar-refractivity contribution in [3.05, 3.63) is 59.8 Å². The van der Waals surface area contributed by atoms with Gasteiger partial charge in [-0.2, -0.15) is 5.10 Å². The number of benzene rings is 2. The van der Waals surface area contributed by atoms with Gasteiger partial charge in [0.2, 0.25) is 10.0 Å². The Balaban J connectivity index is -0.000000314. The zero-order chi connectivity index (χ0) is 25.6. The van der Waals surface area contributed by atoms with Gasteiger partial charge in [0.05, 0.1) is 4.90 Å². The van der Waals surface area contributed by atoms with Gasteiger partial charge in [0.15, 0.2) is 0 Å². The Labute approximate surface area is 227 Å². The number of hydrogen-bond donors (Lipinski definition) is 6. The number of nitrogens with one attached hydrogen (secondary N) is 1. The molecule has 1 heterocycles. The molecule has 0 unspecified atom stereocenters. The molecule has 1 aromatic heterocycles. The molecule has 0 aliphatic carbocycles. The average Bonchev–Trinajstić information content (AvgIpc) is 3.17. The highest BCUT2D eigenvalue weighted by Crippen LogP contribution is 2.33. The summed E-state index contributed by atoms with van der Waals surface area (Å²) in [5, 5.41) is 27.0. The summed E-state index contributed by atoms with van der Waals surface area (Å²) >= 11 is 13.6. The molecule has 0 saturated carbocycles. The minimum absolute atomic E-state index is 0. The molecule has 2 aromatic carbocycles. The van der Waals surface area contributed by atoms with Crippen molar-refractivity contribution in [2.75, 3.05) is 0 Å². The molecule has 10 nitrogen and oxygen atoms in total. The number of nitrogens with zero attached hydrogens (tertiary/aromatic N) is 1. The third-order valence-corrected chi connectivity index (χ3v) is 4.47. The van der Waals surface area contributed by atoms with Crippen molar-refractivity contribution in [1.82, 2.24) is 10.2 Å². The quantitative estimate of drug-likeness (QED) is 0.197. The van der Waals surface area contributed by atoms with Crippen LogP contribution in [0.2, 0.25) is 5.02 Å². The van der Waals surface area contributed by atoms with Crippen LogP contribution in [-0.4, -0.2) is 44.7 Å². The van der Waals surface area contributed by atoms with Gasteiger partial charge in [-0.25, -0.2) is 13.6 Å². The molecule has 0 spiro atoms. The molecule has 0 fully saturated rings. The summed E-state index contributed by atoms with van der Waals surface area (Å²) in [6, 6.07) is 13.7. The maximum Gasteiger partial charge on any atom is 0.251 e. The maximum atomic E-state index is 11.8. The van der Waals surface area contributed by atoms with Crippen LogP contribution < -0.4 is 16.6 Å². The summed E-state index contributed by atoms with van der Waals surface area (Å²) in [4.78, 5) is 0.0392. The van der Waals surface area contributed by atoms with E-state index in [-0.39, 0.29) is 25.2 Å². The van der Waals surface area contributed by atoms with Gasteiger partial charge in [-0.1, -0.05) is 56.8 Å². The van der Waals surface area contributed by atoms with Crippen LogP contribution in [0.4, 0.5) is 0 Å². The van der Waals surface area contributed by atoms with Crippen LogP contribution in [0.3, 0.4) is 0 Å². The minimum Gasteiger partial charge on any atom is -0.487 e. The van der Waals surface area contributed by atoms with Crippen molar-refractivity contribution in [2.45, 2.75) is 26.7 Å². The van der Waals surface area contributed by atoms with Crippen molar-refractivity contribution < 1.29 is 24.1 Å². The number of thiocarbonyl (C=S) groups is 2. The number of H-pyrrole nitrogens is 1. The first-order valence-electron chi connectivity index (χ1n) is 8.61. The number of sulfonamides is 1. The summed E-state index contributed by atoms with van der Waals surface area (Å²) in [6.45, 7) is 1.65. The number of primary sulfonamides is 1. The molecule has 0 aliphatic heterocycles. The van der Waals surface area contributed by atoms with Crippen molar-refractivity contribution in [2.24, 2.45) is 16.6 Å². The molecule has 0 saturated heterocycles. The highest BCUT2D eigenvalue weighted by Gasteiger charge is 2.19. The van der Waals surface area contributed by atoms with Crippen LogP contribution in [0.5, 0.6) is 0 Å². The number of aromatic amines is 1. The normalized spacial score (nSPS) is 8.61. The molecule has 200 valence electrons. The van der Waals surface area contributed by atoms with Crippen LogP contribution in [0, 0.1) is 12.3 Å². The number of nitrogens with two attached hydrogens (primary N) is 3. The van der Waals surface area contributed by atoms with Gasteiger partial charge in [-0.05, 0) is 55.1 Å². The Morgan fingerprint density at radius 3 is 1.86 bits per heavy atom. The number of aromatic nitrogens is 2. The molecule has 11 N–H and O–H groups in total. The van der Waals surface area contributed by atoms with E-state index in [1.807, 2.05) is 12.1 Å². The number of terminal acetylenes is 1. The van der Waals surface area contributed by atoms with E-state index in [9.17, 15) is 8.42 Å². The molecule has 0 bridgehead atoms. The Hall–Kier alpha value is -3.25. The monoisotopic (exact) mass is 577 g/mol. The lowest BCUT2D eigenvalue weighted by atomic mass is 10.0. The largest absolute Gasteiger partial charge is 0.487 e. The highest BCUT2D eigenvalue weighted by atomic mass is 35.5. The van der Waals surface area contributed by atoms with E-state index < -0.39 is 20.4 Å². The van der Waals surface area contributed by atoms with Gasteiger partial charge < -0.3 is 27.2 Å². The first kappa shape index (κ1) is 39.9. The van der Waals surface area contributed by atoms with Gasteiger partial charge in [0.25, 0.3) is 10.3 Å². The molecular weight excluding hydrogens is 546 g/mol. The molecule has 3 rings (SSSR count). The van der Waals surface area contributed by atoms with Gasteiger partial charge in [-0.3, -0.25) is 5.10 Å². The number of aliphatic hydroxyl groups is 2. The predicted octanol–water partition coefficient (Wildman–Crippen LogP) is 3.71. The standard InChI is InChI=1S/C15H12ClN3O2S.C3H4.2CH3NOS.2CH4.H2O/c16-11-7-5-10(6-8-11)13-9-18-19-15(13)12-3-1-2-4-14(12)22(17,20)21;1-3-2;2*2-1(3)4;;;/h1-9H,(H,18,19)(H2,17,20,21);1H,2H3;2*(H3,2,3,4);2*1H4;1H2.